The lowest BCUT2D eigenvalue weighted by Crippen LogP contribution is -2.16. The molecule has 0 bridgehead atoms. The maximum Gasteiger partial charge on any atom is 0.359 e. The fraction of sp³-hybridized carbons (Fsp3) is 0.174. The van der Waals surface area contributed by atoms with Crippen LogP contribution in [0.5, 0.6) is 0 Å². The lowest BCUT2D eigenvalue weighted by atomic mass is 10.2. The number of aryl methyl sites for hydroxylation is 2. The predicted molar refractivity (Wildman–Crippen MR) is 119 cm³/mol. The molecule has 8 nitrogen and oxygen atoms in total. The molecular weight excluding hydrogens is 430 g/mol. The number of esters is 1. The van der Waals surface area contributed by atoms with Crippen LogP contribution in [0.1, 0.15) is 39.2 Å². The number of aromatic amines is 1. The molecule has 0 unspecified atom stereocenters. The van der Waals surface area contributed by atoms with Crippen LogP contribution >= 0.6 is 11.6 Å². The van der Waals surface area contributed by atoms with Gasteiger partial charge in [-0.2, -0.15) is 0 Å². The number of halogens is 1. The average molecular weight is 450 g/mol. The number of aromatic nitrogens is 5. The molecule has 0 saturated carbocycles. The fourth-order valence-corrected chi connectivity index (χ4v) is 3.27. The average Bonchev–Trinajstić information content (AvgIpc) is 3.45. The zero-order valence-electron chi connectivity index (χ0n) is 17.5. The van der Waals surface area contributed by atoms with Gasteiger partial charge in [0.1, 0.15) is 5.82 Å². The molecule has 2 heterocycles. The molecule has 9 heteroatoms. The lowest BCUT2D eigenvalue weighted by molar-refractivity contribution is 0.0467. The van der Waals surface area contributed by atoms with E-state index in [9.17, 15) is 9.59 Å². The van der Waals surface area contributed by atoms with Crippen molar-refractivity contribution >= 4 is 23.4 Å². The predicted octanol–water partition coefficient (Wildman–Crippen LogP) is 4.22. The summed E-state index contributed by atoms with van der Waals surface area (Å²) in [7, 11) is 0. The standard InChI is InChI=1S/C23H20ClN5O3/c1-3-18-21(26-22(25-18)15-7-9-16(24)10-8-15)23(31)32-13-20(30)19-12-29(28-27-19)17-6-4-5-14(2)11-17/h4-12H,3,13H2,1-2H3,(H,25,26). The van der Waals surface area contributed by atoms with Crippen LogP contribution in [0.25, 0.3) is 17.1 Å². The topological polar surface area (TPSA) is 103 Å². The Morgan fingerprint density at radius 2 is 1.94 bits per heavy atom. The molecule has 0 atom stereocenters. The van der Waals surface area contributed by atoms with Crippen LogP contribution in [0, 0.1) is 6.92 Å². The van der Waals surface area contributed by atoms with Crippen LogP contribution < -0.4 is 0 Å². The van der Waals surface area contributed by atoms with Crippen LogP contribution in [0.2, 0.25) is 5.02 Å². The van der Waals surface area contributed by atoms with Gasteiger partial charge in [0.2, 0.25) is 5.78 Å². The van der Waals surface area contributed by atoms with E-state index in [2.05, 4.69) is 20.3 Å². The van der Waals surface area contributed by atoms with E-state index in [0.717, 1.165) is 16.8 Å². The molecule has 0 saturated heterocycles. The van der Waals surface area contributed by atoms with Crippen molar-refractivity contribution in [3.8, 4) is 17.1 Å². The largest absolute Gasteiger partial charge is 0.452 e. The Morgan fingerprint density at radius 3 is 2.66 bits per heavy atom. The van der Waals surface area contributed by atoms with E-state index >= 15 is 0 Å². The minimum absolute atomic E-state index is 0.110. The van der Waals surface area contributed by atoms with Crippen LogP contribution in [0.15, 0.2) is 54.7 Å². The highest BCUT2D eigenvalue weighted by molar-refractivity contribution is 6.30. The third-order valence-corrected chi connectivity index (χ3v) is 5.07. The molecule has 1 N–H and O–H groups in total. The van der Waals surface area contributed by atoms with Crippen molar-refractivity contribution in [1.29, 1.82) is 0 Å². The second-order valence-corrected chi connectivity index (χ2v) is 7.60. The number of carbonyl (C=O) groups excluding carboxylic acids is 2. The minimum atomic E-state index is -0.683. The molecule has 0 aliphatic rings. The number of ether oxygens (including phenoxy) is 1. The third-order valence-electron chi connectivity index (χ3n) is 4.82. The van der Waals surface area contributed by atoms with Gasteiger partial charge in [-0.15, -0.1) is 5.10 Å². The number of imidazole rings is 1. The van der Waals surface area contributed by atoms with Gasteiger partial charge in [0.05, 0.1) is 11.9 Å². The molecule has 4 aromatic rings. The van der Waals surface area contributed by atoms with E-state index < -0.39 is 18.4 Å². The van der Waals surface area contributed by atoms with Gasteiger partial charge < -0.3 is 9.72 Å². The van der Waals surface area contributed by atoms with Crippen molar-refractivity contribution < 1.29 is 14.3 Å². The molecule has 0 aliphatic carbocycles. The summed E-state index contributed by atoms with van der Waals surface area (Å²) in [6, 6.07) is 14.7. The monoisotopic (exact) mass is 449 g/mol. The highest BCUT2D eigenvalue weighted by Crippen LogP contribution is 2.21. The summed E-state index contributed by atoms with van der Waals surface area (Å²) in [5, 5.41) is 8.49. The third kappa shape index (κ3) is 4.60. The zero-order chi connectivity index (χ0) is 22.7. The van der Waals surface area contributed by atoms with Gasteiger partial charge in [-0.05, 0) is 55.3 Å². The maximum atomic E-state index is 12.6. The van der Waals surface area contributed by atoms with E-state index in [-0.39, 0.29) is 11.4 Å². The van der Waals surface area contributed by atoms with Crippen molar-refractivity contribution in [3.63, 3.8) is 0 Å². The number of nitrogens with one attached hydrogen (secondary N) is 1. The summed E-state index contributed by atoms with van der Waals surface area (Å²) in [5.74, 6) is -0.612. The summed E-state index contributed by atoms with van der Waals surface area (Å²) in [6.07, 6.45) is 2.05. The van der Waals surface area contributed by atoms with Gasteiger partial charge in [0.25, 0.3) is 0 Å². The molecule has 2 aromatic heterocycles. The Balaban J connectivity index is 1.44. The Morgan fingerprint density at radius 1 is 1.16 bits per heavy atom. The Kier molecular flexibility index (Phi) is 6.13. The van der Waals surface area contributed by atoms with Crippen LogP contribution in [-0.2, 0) is 11.2 Å². The van der Waals surface area contributed by atoms with Gasteiger partial charge in [-0.1, -0.05) is 35.9 Å². The molecular formula is C23H20ClN5O3. The summed E-state index contributed by atoms with van der Waals surface area (Å²) in [5.41, 5.74) is 3.51. The molecule has 162 valence electrons. The van der Waals surface area contributed by atoms with Gasteiger partial charge in [0, 0.05) is 16.3 Å². The molecule has 4 rings (SSSR count). The van der Waals surface area contributed by atoms with Crippen molar-refractivity contribution in [2.75, 3.05) is 6.61 Å². The summed E-state index contributed by atoms with van der Waals surface area (Å²) in [6.45, 7) is 3.40. The molecule has 2 aromatic carbocycles. The second-order valence-electron chi connectivity index (χ2n) is 7.16. The highest BCUT2D eigenvalue weighted by atomic mass is 35.5. The van der Waals surface area contributed by atoms with E-state index in [1.165, 1.54) is 10.9 Å². The first-order valence-corrected chi connectivity index (χ1v) is 10.4. The number of hydrogen-bond donors (Lipinski definition) is 1. The van der Waals surface area contributed by atoms with Crippen molar-refractivity contribution in [2.45, 2.75) is 20.3 Å². The molecule has 0 spiro atoms. The number of rotatable bonds is 7. The van der Waals surface area contributed by atoms with Gasteiger partial charge in [-0.25, -0.2) is 14.5 Å². The van der Waals surface area contributed by atoms with Crippen LogP contribution in [0.4, 0.5) is 0 Å². The van der Waals surface area contributed by atoms with Gasteiger partial charge >= 0.3 is 5.97 Å². The lowest BCUT2D eigenvalue weighted by Gasteiger charge is -2.02. The van der Waals surface area contributed by atoms with Crippen LogP contribution in [-0.4, -0.2) is 43.3 Å². The normalized spacial score (nSPS) is 10.8. The molecule has 0 aliphatic heterocycles. The zero-order valence-corrected chi connectivity index (χ0v) is 18.3. The molecule has 0 amide bonds. The number of nitrogens with zero attached hydrogens (tertiary/aromatic N) is 4. The van der Waals surface area contributed by atoms with E-state index in [0.29, 0.717) is 23.0 Å². The van der Waals surface area contributed by atoms with E-state index in [1.54, 1.807) is 24.3 Å². The second kappa shape index (κ2) is 9.15. The Bertz CT molecular complexity index is 1280. The van der Waals surface area contributed by atoms with E-state index in [1.807, 2.05) is 38.1 Å². The smallest absolute Gasteiger partial charge is 0.359 e. The quantitative estimate of drug-likeness (QED) is 0.334. The summed E-state index contributed by atoms with van der Waals surface area (Å²) >= 11 is 5.93. The SMILES string of the molecule is CCc1[nH]c(-c2ccc(Cl)cc2)nc1C(=O)OCC(=O)c1cn(-c2cccc(C)c2)nn1. The number of benzene rings is 2. The van der Waals surface area contributed by atoms with Crippen molar-refractivity contribution in [1.82, 2.24) is 25.0 Å². The Hall–Kier alpha value is -3.78. The van der Waals surface area contributed by atoms with Gasteiger partial charge in [-0.3, -0.25) is 4.79 Å². The number of hydrogen-bond acceptors (Lipinski definition) is 6. The molecule has 0 radical (unpaired) electrons. The molecule has 32 heavy (non-hydrogen) atoms. The number of H-pyrrole nitrogens is 1. The first kappa shape index (κ1) is 21.5. The minimum Gasteiger partial charge on any atom is -0.452 e. The van der Waals surface area contributed by atoms with Crippen molar-refractivity contribution in [2.24, 2.45) is 0 Å². The number of ketones is 1. The van der Waals surface area contributed by atoms with Crippen molar-refractivity contribution in [3.05, 3.63) is 82.4 Å². The van der Waals surface area contributed by atoms with E-state index in [4.69, 9.17) is 16.3 Å². The van der Waals surface area contributed by atoms with Crippen LogP contribution in [0.3, 0.4) is 0 Å². The first-order chi connectivity index (χ1) is 15.4. The molecule has 0 fully saturated rings. The summed E-state index contributed by atoms with van der Waals surface area (Å²) < 4.78 is 6.72. The fourth-order valence-electron chi connectivity index (χ4n) is 3.14. The summed E-state index contributed by atoms with van der Waals surface area (Å²) in [4.78, 5) is 32.6. The number of carbonyl (C=O) groups is 2. The Labute approximate surface area is 189 Å². The van der Waals surface area contributed by atoms with Gasteiger partial charge in [0.15, 0.2) is 18.0 Å². The highest BCUT2D eigenvalue weighted by Gasteiger charge is 2.21. The first-order valence-electron chi connectivity index (χ1n) is 9.99. The number of Topliss-reactive ketones (excluding diaryl/α,β-unsaturated/α-hetero) is 1. The maximum absolute atomic E-state index is 12.6.